The molecular formula is C10H11NO6. The number of hydrogen-bond acceptors (Lipinski definition) is 4. The number of carboxylic acids is 3. The second kappa shape index (κ2) is 6.11. The number of aromatic carboxylic acids is 2. The van der Waals surface area contributed by atoms with E-state index >= 15 is 0 Å². The Morgan fingerprint density at radius 2 is 1.53 bits per heavy atom. The topological polar surface area (TPSA) is 138 Å². The fourth-order valence-electron chi connectivity index (χ4n) is 0.987. The molecule has 0 heterocycles. The Hall–Kier alpha value is -2.57. The normalized spacial score (nSPS) is 8.76. The Morgan fingerprint density at radius 3 is 1.82 bits per heavy atom. The molecule has 0 spiro atoms. The van der Waals surface area contributed by atoms with Crippen LogP contribution in [-0.4, -0.2) is 33.2 Å². The molecule has 5 N–H and O–H groups in total. The molecule has 0 fully saturated rings. The summed E-state index contributed by atoms with van der Waals surface area (Å²) < 4.78 is 0. The van der Waals surface area contributed by atoms with Gasteiger partial charge < -0.3 is 21.1 Å². The summed E-state index contributed by atoms with van der Waals surface area (Å²) in [6, 6.07) is 3.93. The van der Waals surface area contributed by atoms with Crippen molar-refractivity contribution >= 4 is 23.6 Å². The molecule has 7 nitrogen and oxygen atoms in total. The highest BCUT2D eigenvalue weighted by Crippen LogP contribution is 2.16. The molecule has 1 rings (SSSR count). The van der Waals surface area contributed by atoms with E-state index in [4.69, 9.17) is 25.8 Å². The molecule has 0 aromatic heterocycles. The summed E-state index contributed by atoms with van der Waals surface area (Å²) in [6.07, 6.45) is 0. The number of rotatable bonds is 2. The predicted octanol–water partition coefficient (Wildman–Crippen LogP) is 0.756. The standard InChI is InChI=1S/C8H7NO4.C2H4O2/c9-5-3-1-2-4(7(10)11)6(5)8(12)13;1-2(3)4/h1-3H,9H2,(H,10,11)(H,12,13);1H3,(H,3,4). The van der Waals surface area contributed by atoms with Gasteiger partial charge in [0.05, 0.1) is 11.1 Å². The Morgan fingerprint density at radius 1 is 1.06 bits per heavy atom. The molecule has 0 aliphatic heterocycles. The summed E-state index contributed by atoms with van der Waals surface area (Å²) in [7, 11) is 0. The van der Waals surface area contributed by atoms with Gasteiger partial charge in [0.15, 0.2) is 0 Å². The smallest absolute Gasteiger partial charge is 0.338 e. The molecule has 92 valence electrons. The van der Waals surface area contributed by atoms with E-state index in [9.17, 15) is 9.59 Å². The average molecular weight is 241 g/mol. The third-order valence-electron chi connectivity index (χ3n) is 1.54. The van der Waals surface area contributed by atoms with E-state index in [1.165, 1.54) is 18.2 Å². The zero-order valence-corrected chi connectivity index (χ0v) is 8.88. The van der Waals surface area contributed by atoms with Crippen molar-refractivity contribution in [3.63, 3.8) is 0 Å². The van der Waals surface area contributed by atoms with Gasteiger partial charge in [-0.25, -0.2) is 9.59 Å². The van der Waals surface area contributed by atoms with Crippen molar-refractivity contribution in [3.05, 3.63) is 29.3 Å². The first-order valence-electron chi connectivity index (χ1n) is 4.32. The van der Waals surface area contributed by atoms with Gasteiger partial charge in [-0.1, -0.05) is 6.07 Å². The Bertz CT molecular complexity index is 450. The van der Waals surface area contributed by atoms with Crippen LogP contribution in [0.3, 0.4) is 0 Å². The molecule has 0 unspecified atom stereocenters. The second-order valence-electron chi connectivity index (χ2n) is 2.90. The van der Waals surface area contributed by atoms with Crippen LogP contribution >= 0.6 is 0 Å². The molecule has 1 aromatic rings. The third-order valence-corrected chi connectivity index (χ3v) is 1.54. The van der Waals surface area contributed by atoms with Gasteiger partial charge >= 0.3 is 11.9 Å². The number of anilines is 1. The van der Waals surface area contributed by atoms with E-state index in [0.717, 1.165) is 6.92 Å². The van der Waals surface area contributed by atoms with Crippen molar-refractivity contribution in [2.75, 3.05) is 5.73 Å². The fraction of sp³-hybridized carbons (Fsp3) is 0.100. The van der Waals surface area contributed by atoms with E-state index in [0.29, 0.717) is 0 Å². The molecule has 0 saturated carbocycles. The quantitative estimate of drug-likeness (QED) is 0.560. The first kappa shape index (κ1) is 14.4. The second-order valence-corrected chi connectivity index (χ2v) is 2.90. The summed E-state index contributed by atoms with van der Waals surface area (Å²) >= 11 is 0. The van der Waals surface area contributed by atoms with Crippen LogP contribution < -0.4 is 5.73 Å². The minimum Gasteiger partial charge on any atom is -0.481 e. The summed E-state index contributed by atoms with van der Waals surface area (Å²) in [4.78, 5) is 30.2. The maximum absolute atomic E-state index is 10.6. The van der Waals surface area contributed by atoms with Crippen LogP contribution in [0.5, 0.6) is 0 Å². The van der Waals surface area contributed by atoms with Crippen LogP contribution in [0.25, 0.3) is 0 Å². The zero-order chi connectivity index (χ0) is 13.6. The lowest BCUT2D eigenvalue weighted by atomic mass is 10.1. The van der Waals surface area contributed by atoms with Crippen molar-refractivity contribution in [3.8, 4) is 0 Å². The van der Waals surface area contributed by atoms with E-state index in [1.54, 1.807) is 0 Å². The van der Waals surface area contributed by atoms with Crippen LogP contribution in [0.1, 0.15) is 27.6 Å². The molecule has 7 heteroatoms. The maximum Gasteiger partial charge on any atom is 0.338 e. The highest BCUT2D eigenvalue weighted by atomic mass is 16.4. The highest BCUT2D eigenvalue weighted by molar-refractivity contribution is 6.05. The number of carboxylic acid groups (broad SMARTS) is 3. The van der Waals surface area contributed by atoms with Gasteiger partial charge in [0.2, 0.25) is 0 Å². The first-order valence-corrected chi connectivity index (χ1v) is 4.32. The van der Waals surface area contributed by atoms with Crippen molar-refractivity contribution in [2.24, 2.45) is 0 Å². The summed E-state index contributed by atoms with van der Waals surface area (Å²) in [5.41, 5.74) is 4.60. The lowest BCUT2D eigenvalue weighted by Gasteiger charge is -2.03. The Labute approximate surface area is 96.1 Å². The lowest BCUT2D eigenvalue weighted by molar-refractivity contribution is -0.134. The average Bonchev–Trinajstić information content (AvgIpc) is 2.15. The van der Waals surface area contributed by atoms with E-state index in [-0.39, 0.29) is 16.8 Å². The zero-order valence-electron chi connectivity index (χ0n) is 8.88. The van der Waals surface area contributed by atoms with Crippen molar-refractivity contribution < 1.29 is 29.7 Å². The largest absolute Gasteiger partial charge is 0.481 e. The minimum absolute atomic E-state index is 0.0487. The minimum atomic E-state index is -1.34. The SMILES string of the molecule is CC(=O)O.Nc1cccc(C(=O)O)c1C(=O)O. The molecule has 0 aliphatic rings. The van der Waals surface area contributed by atoms with Gasteiger partial charge in [-0.15, -0.1) is 0 Å². The maximum atomic E-state index is 10.6. The summed E-state index contributed by atoms with van der Waals surface area (Å²) in [5.74, 6) is -3.47. The molecular weight excluding hydrogens is 230 g/mol. The Balaban J connectivity index is 0.000000557. The van der Waals surface area contributed by atoms with Gasteiger partial charge in [0.1, 0.15) is 0 Å². The van der Waals surface area contributed by atoms with Crippen molar-refractivity contribution in [2.45, 2.75) is 6.92 Å². The predicted molar refractivity (Wildman–Crippen MR) is 58.1 cm³/mol. The Kier molecular flexibility index (Phi) is 5.19. The number of nitrogen functional groups attached to an aromatic ring is 1. The molecule has 17 heavy (non-hydrogen) atoms. The molecule has 0 atom stereocenters. The number of hydrogen-bond donors (Lipinski definition) is 4. The van der Waals surface area contributed by atoms with Crippen LogP contribution in [0.15, 0.2) is 18.2 Å². The third kappa shape index (κ3) is 4.65. The van der Waals surface area contributed by atoms with Crippen molar-refractivity contribution in [1.29, 1.82) is 0 Å². The van der Waals surface area contributed by atoms with Gasteiger partial charge in [-0.05, 0) is 12.1 Å². The van der Waals surface area contributed by atoms with Crippen LogP contribution in [-0.2, 0) is 4.79 Å². The lowest BCUT2D eigenvalue weighted by Crippen LogP contribution is -2.10. The van der Waals surface area contributed by atoms with E-state index < -0.39 is 17.9 Å². The molecule has 1 aromatic carbocycles. The van der Waals surface area contributed by atoms with Gasteiger partial charge in [-0.3, -0.25) is 4.79 Å². The number of benzene rings is 1. The molecule has 0 aliphatic carbocycles. The fourth-order valence-corrected chi connectivity index (χ4v) is 0.987. The molecule has 0 amide bonds. The van der Waals surface area contributed by atoms with Gasteiger partial charge in [0, 0.05) is 12.6 Å². The molecule has 0 radical (unpaired) electrons. The number of nitrogens with two attached hydrogens (primary N) is 1. The van der Waals surface area contributed by atoms with E-state index in [2.05, 4.69) is 0 Å². The first-order chi connectivity index (χ1) is 7.77. The van der Waals surface area contributed by atoms with Crippen molar-refractivity contribution in [1.82, 2.24) is 0 Å². The van der Waals surface area contributed by atoms with Crippen LogP contribution in [0, 0.1) is 0 Å². The monoisotopic (exact) mass is 241 g/mol. The van der Waals surface area contributed by atoms with Crippen LogP contribution in [0.4, 0.5) is 5.69 Å². The molecule has 0 bridgehead atoms. The van der Waals surface area contributed by atoms with Gasteiger partial charge in [-0.2, -0.15) is 0 Å². The van der Waals surface area contributed by atoms with E-state index in [1.807, 2.05) is 0 Å². The molecule has 0 saturated heterocycles. The summed E-state index contributed by atoms with van der Waals surface area (Å²) in [6.45, 7) is 1.08. The number of carbonyl (C=O) groups is 3. The van der Waals surface area contributed by atoms with Gasteiger partial charge in [0.25, 0.3) is 5.97 Å². The van der Waals surface area contributed by atoms with Crippen LogP contribution in [0.2, 0.25) is 0 Å². The summed E-state index contributed by atoms with van der Waals surface area (Å²) in [5, 5.41) is 24.7. The highest BCUT2D eigenvalue weighted by Gasteiger charge is 2.17. The number of aliphatic carboxylic acids is 1.